The van der Waals surface area contributed by atoms with Crippen molar-refractivity contribution in [2.24, 2.45) is 0 Å². The summed E-state index contributed by atoms with van der Waals surface area (Å²) in [5.74, 6) is 1.51. The number of hydrogen-bond acceptors (Lipinski definition) is 2. The molecule has 0 aliphatic heterocycles. The third-order valence-corrected chi connectivity index (χ3v) is 3.46. The number of nitrogens with one attached hydrogen (secondary N) is 1. The largest absolute Gasteiger partial charge is 0.259 e. The summed E-state index contributed by atoms with van der Waals surface area (Å²) >= 11 is 3.46. The third-order valence-electron chi connectivity index (χ3n) is 2.97. The molecular weight excluding hydrogens is 302 g/mol. The highest BCUT2D eigenvalue weighted by Gasteiger charge is 2.09. The molecule has 94 valence electrons. The van der Waals surface area contributed by atoms with Crippen LogP contribution in [0.2, 0.25) is 0 Å². The lowest BCUT2D eigenvalue weighted by Gasteiger charge is -1.99. The lowest BCUT2D eigenvalue weighted by atomic mass is 10.1. The number of benzene rings is 2. The van der Waals surface area contributed by atoms with Gasteiger partial charge in [0.25, 0.3) is 0 Å². The Morgan fingerprint density at radius 1 is 1.05 bits per heavy atom. The molecule has 0 amide bonds. The summed E-state index contributed by atoms with van der Waals surface area (Å²) in [6, 6.07) is 16.1. The Bertz CT molecular complexity index is 719. The normalized spacial score (nSPS) is 10.6. The smallest absolute Gasteiger partial charge is 0.181 e. The number of H-pyrrole nitrogens is 1. The van der Waals surface area contributed by atoms with Gasteiger partial charge in [0, 0.05) is 15.6 Å². The fourth-order valence-electron chi connectivity index (χ4n) is 1.98. The standard InChI is InChI=1S/C15H12BrN3/c1-10-5-2-3-8-13(10)15-17-14(18-19-15)11-6-4-7-12(16)9-11/h2-9H,1H3,(H,17,18,19). The second-order valence-corrected chi connectivity index (χ2v) is 5.25. The van der Waals surface area contributed by atoms with Gasteiger partial charge < -0.3 is 0 Å². The van der Waals surface area contributed by atoms with Gasteiger partial charge >= 0.3 is 0 Å². The second kappa shape index (κ2) is 4.97. The van der Waals surface area contributed by atoms with Gasteiger partial charge in [-0.15, -0.1) is 0 Å². The number of aromatic amines is 1. The first-order valence-electron chi connectivity index (χ1n) is 5.98. The van der Waals surface area contributed by atoms with Gasteiger partial charge in [0.1, 0.15) is 0 Å². The molecule has 1 N–H and O–H groups in total. The minimum Gasteiger partial charge on any atom is -0.259 e. The fraction of sp³-hybridized carbons (Fsp3) is 0.0667. The van der Waals surface area contributed by atoms with Gasteiger partial charge in [-0.05, 0) is 24.6 Å². The maximum absolute atomic E-state index is 4.57. The molecule has 0 aliphatic carbocycles. The van der Waals surface area contributed by atoms with Gasteiger partial charge in [0.05, 0.1) is 0 Å². The minimum absolute atomic E-state index is 0.708. The molecule has 3 nitrogen and oxygen atoms in total. The van der Waals surface area contributed by atoms with Crippen LogP contribution in [0.15, 0.2) is 53.0 Å². The van der Waals surface area contributed by atoms with Crippen molar-refractivity contribution in [3.8, 4) is 22.8 Å². The first-order valence-corrected chi connectivity index (χ1v) is 6.78. The van der Waals surface area contributed by atoms with Crippen molar-refractivity contribution < 1.29 is 0 Å². The van der Waals surface area contributed by atoms with Crippen LogP contribution >= 0.6 is 15.9 Å². The van der Waals surface area contributed by atoms with Crippen molar-refractivity contribution in [1.29, 1.82) is 0 Å². The van der Waals surface area contributed by atoms with E-state index in [1.807, 2.05) is 42.5 Å². The van der Waals surface area contributed by atoms with Crippen LogP contribution in [-0.2, 0) is 0 Å². The van der Waals surface area contributed by atoms with Crippen molar-refractivity contribution in [3.05, 3.63) is 58.6 Å². The summed E-state index contributed by atoms with van der Waals surface area (Å²) in [7, 11) is 0. The lowest BCUT2D eigenvalue weighted by Crippen LogP contribution is -1.84. The zero-order valence-corrected chi connectivity index (χ0v) is 12.0. The van der Waals surface area contributed by atoms with E-state index < -0.39 is 0 Å². The highest BCUT2D eigenvalue weighted by molar-refractivity contribution is 9.10. The van der Waals surface area contributed by atoms with E-state index in [-0.39, 0.29) is 0 Å². The molecule has 0 bridgehead atoms. The number of halogens is 1. The molecule has 4 heteroatoms. The maximum atomic E-state index is 4.57. The Hall–Kier alpha value is -1.94. The molecule has 0 aliphatic rings. The van der Waals surface area contributed by atoms with Crippen molar-refractivity contribution in [2.45, 2.75) is 6.92 Å². The van der Waals surface area contributed by atoms with E-state index in [0.29, 0.717) is 5.82 Å². The number of rotatable bonds is 2. The highest BCUT2D eigenvalue weighted by Crippen LogP contribution is 2.24. The van der Waals surface area contributed by atoms with E-state index in [0.717, 1.165) is 21.4 Å². The van der Waals surface area contributed by atoms with Crippen LogP contribution in [-0.4, -0.2) is 15.2 Å². The number of hydrogen-bond donors (Lipinski definition) is 1. The number of nitrogens with zero attached hydrogens (tertiary/aromatic N) is 2. The molecule has 2 aromatic carbocycles. The molecule has 0 atom stereocenters. The lowest BCUT2D eigenvalue weighted by molar-refractivity contribution is 1.10. The molecule has 1 aromatic heterocycles. The monoisotopic (exact) mass is 313 g/mol. The van der Waals surface area contributed by atoms with E-state index in [1.165, 1.54) is 5.56 Å². The number of aryl methyl sites for hydroxylation is 1. The van der Waals surface area contributed by atoms with Crippen LogP contribution in [0.25, 0.3) is 22.8 Å². The minimum atomic E-state index is 0.708. The average molecular weight is 314 g/mol. The molecule has 0 saturated heterocycles. The van der Waals surface area contributed by atoms with Gasteiger partial charge in [-0.2, -0.15) is 5.10 Å². The fourth-order valence-corrected chi connectivity index (χ4v) is 2.38. The Kier molecular flexibility index (Phi) is 3.17. The third kappa shape index (κ3) is 2.44. The zero-order valence-electron chi connectivity index (χ0n) is 10.4. The molecule has 0 unspecified atom stereocenters. The molecule has 3 aromatic rings. The molecule has 0 spiro atoms. The van der Waals surface area contributed by atoms with Crippen molar-refractivity contribution in [2.75, 3.05) is 0 Å². The first kappa shape index (κ1) is 12.1. The molecule has 0 radical (unpaired) electrons. The Labute approximate surface area is 119 Å². The topological polar surface area (TPSA) is 41.6 Å². The van der Waals surface area contributed by atoms with Gasteiger partial charge in [0.2, 0.25) is 0 Å². The highest BCUT2D eigenvalue weighted by atomic mass is 79.9. The Morgan fingerprint density at radius 3 is 2.68 bits per heavy atom. The van der Waals surface area contributed by atoms with E-state index >= 15 is 0 Å². The predicted octanol–water partition coefficient (Wildman–Crippen LogP) is 4.21. The Balaban J connectivity index is 2.03. The Morgan fingerprint density at radius 2 is 1.89 bits per heavy atom. The molecule has 0 saturated carbocycles. The number of aromatic nitrogens is 3. The quantitative estimate of drug-likeness (QED) is 0.770. The van der Waals surface area contributed by atoms with Gasteiger partial charge in [0.15, 0.2) is 11.6 Å². The van der Waals surface area contributed by atoms with Crippen molar-refractivity contribution >= 4 is 15.9 Å². The average Bonchev–Trinajstić information content (AvgIpc) is 2.89. The molecule has 3 rings (SSSR count). The SMILES string of the molecule is Cc1ccccc1-c1nc(-c2cccc(Br)c2)n[nH]1. The summed E-state index contributed by atoms with van der Waals surface area (Å²) in [5, 5.41) is 7.29. The van der Waals surface area contributed by atoms with Crippen LogP contribution < -0.4 is 0 Å². The van der Waals surface area contributed by atoms with Crippen LogP contribution in [0.5, 0.6) is 0 Å². The van der Waals surface area contributed by atoms with Crippen LogP contribution in [0, 0.1) is 6.92 Å². The maximum Gasteiger partial charge on any atom is 0.181 e. The van der Waals surface area contributed by atoms with Gasteiger partial charge in [-0.25, -0.2) is 4.98 Å². The van der Waals surface area contributed by atoms with E-state index in [9.17, 15) is 0 Å². The molecule has 19 heavy (non-hydrogen) atoms. The summed E-state index contributed by atoms with van der Waals surface area (Å²) in [6.45, 7) is 2.07. The van der Waals surface area contributed by atoms with Gasteiger partial charge in [-0.3, -0.25) is 5.10 Å². The summed E-state index contributed by atoms with van der Waals surface area (Å²) in [4.78, 5) is 4.57. The van der Waals surface area contributed by atoms with E-state index in [4.69, 9.17) is 0 Å². The summed E-state index contributed by atoms with van der Waals surface area (Å²) in [6.07, 6.45) is 0. The summed E-state index contributed by atoms with van der Waals surface area (Å²) in [5.41, 5.74) is 3.25. The van der Waals surface area contributed by atoms with Crippen molar-refractivity contribution in [3.63, 3.8) is 0 Å². The van der Waals surface area contributed by atoms with Crippen LogP contribution in [0.1, 0.15) is 5.56 Å². The second-order valence-electron chi connectivity index (χ2n) is 4.33. The van der Waals surface area contributed by atoms with Gasteiger partial charge in [-0.1, -0.05) is 52.3 Å². The first-order chi connectivity index (χ1) is 9.24. The van der Waals surface area contributed by atoms with Crippen molar-refractivity contribution in [1.82, 2.24) is 15.2 Å². The van der Waals surface area contributed by atoms with E-state index in [2.05, 4.69) is 44.1 Å². The van der Waals surface area contributed by atoms with Crippen LogP contribution in [0.3, 0.4) is 0 Å². The van der Waals surface area contributed by atoms with E-state index in [1.54, 1.807) is 0 Å². The zero-order chi connectivity index (χ0) is 13.2. The van der Waals surface area contributed by atoms with Crippen LogP contribution in [0.4, 0.5) is 0 Å². The molecule has 1 heterocycles. The molecule has 0 fully saturated rings. The summed E-state index contributed by atoms with van der Waals surface area (Å²) < 4.78 is 1.02. The molecular formula is C15H12BrN3. The predicted molar refractivity (Wildman–Crippen MR) is 79.7 cm³/mol.